The van der Waals surface area contributed by atoms with E-state index in [2.05, 4.69) is 15.4 Å². The van der Waals surface area contributed by atoms with E-state index >= 15 is 0 Å². The summed E-state index contributed by atoms with van der Waals surface area (Å²) >= 11 is 0. The van der Waals surface area contributed by atoms with Crippen LogP contribution in [0.5, 0.6) is 0 Å². The number of aromatic nitrogens is 4. The number of hydrogen-bond acceptors (Lipinski definition) is 3. The number of carbonyl (C=O) groups excluding carboxylic acids is 1. The number of pyridine rings is 1. The van der Waals surface area contributed by atoms with Crippen LogP contribution < -0.4 is 5.32 Å². The number of carbonyl (C=O) groups is 1. The Balaban J connectivity index is 1.50. The standard InChI is InChI=1S/C28H26FN5O/c1-18-13-19(2)25(15-23(18)31-27(35)20-7-5-9-22(14-20)28(3,4)29)33-11-12-34-26(33)16-24(32-34)21-8-6-10-30-17-21/h5-17H,1-4H3,(H,31,35). The number of alkyl halides is 1. The average molecular weight is 468 g/mol. The molecule has 6 nitrogen and oxygen atoms in total. The average Bonchev–Trinajstić information content (AvgIpc) is 3.42. The van der Waals surface area contributed by atoms with Crippen molar-refractivity contribution in [2.45, 2.75) is 33.4 Å². The Morgan fingerprint density at radius 3 is 2.57 bits per heavy atom. The molecular weight excluding hydrogens is 441 g/mol. The molecule has 0 atom stereocenters. The van der Waals surface area contributed by atoms with Gasteiger partial charge in [-0.25, -0.2) is 8.91 Å². The van der Waals surface area contributed by atoms with E-state index in [9.17, 15) is 9.18 Å². The summed E-state index contributed by atoms with van der Waals surface area (Å²) in [5, 5.41) is 7.68. The van der Waals surface area contributed by atoms with Crippen molar-refractivity contribution in [1.29, 1.82) is 0 Å². The van der Waals surface area contributed by atoms with Gasteiger partial charge in [0.25, 0.3) is 5.91 Å². The van der Waals surface area contributed by atoms with Crippen LogP contribution in [0.4, 0.5) is 10.1 Å². The molecule has 176 valence electrons. The van der Waals surface area contributed by atoms with Crippen LogP contribution in [0.1, 0.15) is 40.9 Å². The van der Waals surface area contributed by atoms with Gasteiger partial charge in [0.2, 0.25) is 0 Å². The number of halogens is 1. The lowest BCUT2D eigenvalue weighted by atomic mass is 9.98. The number of imidazole rings is 1. The van der Waals surface area contributed by atoms with Crippen LogP contribution in [0.15, 0.2) is 79.4 Å². The number of anilines is 1. The number of amides is 1. The minimum absolute atomic E-state index is 0.283. The second kappa shape index (κ2) is 8.51. The van der Waals surface area contributed by atoms with Crippen molar-refractivity contribution in [1.82, 2.24) is 19.2 Å². The number of aryl methyl sites for hydroxylation is 2. The highest BCUT2D eigenvalue weighted by Gasteiger charge is 2.20. The summed E-state index contributed by atoms with van der Waals surface area (Å²) in [4.78, 5) is 17.2. The first-order valence-electron chi connectivity index (χ1n) is 11.4. The molecule has 3 aromatic heterocycles. The molecule has 2 aromatic carbocycles. The fraction of sp³-hybridized carbons (Fsp3) is 0.179. The van der Waals surface area contributed by atoms with E-state index in [0.29, 0.717) is 16.8 Å². The van der Waals surface area contributed by atoms with E-state index in [-0.39, 0.29) is 5.91 Å². The molecule has 3 heterocycles. The summed E-state index contributed by atoms with van der Waals surface area (Å²) in [6, 6.07) is 16.6. The van der Waals surface area contributed by atoms with E-state index in [0.717, 1.165) is 33.7 Å². The normalized spacial score (nSPS) is 11.7. The Bertz CT molecular complexity index is 1540. The van der Waals surface area contributed by atoms with Crippen LogP contribution in [0.2, 0.25) is 0 Å². The summed E-state index contributed by atoms with van der Waals surface area (Å²) in [6.07, 6.45) is 7.37. The zero-order valence-corrected chi connectivity index (χ0v) is 20.1. The van der Waals surface area contributed by atoms with Crippen LogP contribution in [-0.2, 0) is 5.67 Å². The molecule has 1 N–H and O–H groups in total. The maximum absolute atomic E-state index is 14.4. The van der Waals surface area contributed by atoms with E-state index in [1.165, 1.54) is 13.8 Å². The van der Waals surface area contributed by atoms with E-state index in [1.54, 1.807) is 36.7 Å². The molecule has 0 saturated carbocycles. The lowest BCUT2D eigenvalue weighted by Crippen LogP contribution is -2.16. The molecule has 0 spiro atoms. The lowest BCUT2D eigenvalue weighted by Gasteiger charge is -2.17. The first-order valence-corrected chi connectivity index (χ1v) is 11.4. The zero-order chi connectivity index (χ0) is 24.7. The van der Waals surface area contributed by atoms with Gasteiger partial charge < -0.3 is 5.32 Å². The third-order valence-corrected chi connectivity index (χ3v) is 6.14. The zero-order valence-electron chi connectivity index (χ0n) is 20.1. The van der Waals surface area contributed by atoms with Gasteiger partial charge in [-0.3, -0.25) is 14.3 Å². The molecule has 0 saturated heterocycles. The first-order chi connectivity index (χ1) is 16.7. The van der Waals surface area contributed by atoms with Crippen LogP contribution >= 0.6 is 0 Å². The van der Waals surface area contributed by atoms with E-state index in [4.69, 9.17) is 0 Å². The Labute approximate surface area is 203 Å². The number of rotatable bonds is 5. The van der Waals surface area contributed by atoms with E-state index < -0.39 is 5.67 Å². The summed E-state index contributed by atoms with van der Waals surface area (Å²) in [6.45, 7) is 6.95. The van der Waals surface area contributed by atoms with Gasteiger partial charge in [-0.1, -0.05) is 18.2 Å². The quantitative estimate of drug-likeness (QED) is 0.332. The smallest absolute Gasteiger partial charge is 0.255 e. The molecule has 0 bridgehead atoms. The predicted molar refractivity (Wildman–Crippen MR) is 136 cm³/mol. The molecule has 0 unspecified atom stereocenters. The van der Waals surface area contributed by atoms with Crippen molar-refractivity contribution >= 4 is 17.2 Å². The monoisotopic (exact) mass is 467 g/mol. The molecule has 5 aromatic rings. The van der Waals surface area contributed by atoms with Gasteiger partial charge >= 0.3 is 0 Å². The molecule has 0 radical (unpaired) electrons. The molecule has 5 rings (SSSR count). The largest absolute Gasteiger partial charge is 0.322 e. The van der Waals surface area contributed by atoms with Crippen molar-refractivity contribution in [2.24, 2.45) is 0 Å². The van der Waals surface area contributed by atoms with Crippen molar-refractivity contribution in [2.75, 3.05) is 5.32 Å². The number of benzene rings is 2. The first kappa shape index (κ1) is 22.5. The summed E-state index contributed by atoms with van der Waals surface area (Å²) in [5.41, 5.74) is 5.64. The lowest BCUT2D eigenvalue weighted by molar-refractivity contribution is 0.102. The molecule has 0 aliphatic carbocycles. The van der Waals surface area contributed by atoms with Crippen LogP contribution in [0, 0.1) is 13.8 Å². The van der Waals surface area contributed by atoms with E-state index in [1.807, 2.05) is 65.7 Å². The molecular formula is C28H26FN5O. The number of hydrogen-bond donors (Lipinski definition) is 1. The highest BCUT2D eigenvalue weighted by molar-refractivity contribution is 6.05. The highest BCUT2D eigenvalue weighted by atomic mass is 19.1. The van der Waals surface area contributed by atoms with Gasteiger partial charge in [-0.2, -0.15) is 5.10 Å². The third kappa shape index (κ3) is 4.33. The Morgan fingerprint density at radius 2 is 1.83 bits per heavy atom. The SMILES string of the molecule is Cc1cc(C)c(-n2ccn3nc(-c4cccnc4)cc23)cc1NC(=O)c1cccc(C(C)(C)F)c1. The second-order valence-electron chi connectivity index (χ2n) is 9.20. The summed E-state index contributed by atoms with van der Waals surface area (Å²) < 4.78 is 18.3. The molecule has 0 fully saturated rings. The second-order valence-corrected chi connectivity index (χ2v) is 9.20. The number of nitrogens with zero attached hydrogens (tertiary/aromatic N) is 4. The Hall–Kier alpha value is -4.26. The highest BCUT2D eigenvalue weighted by Crippen LogP contribution is 2.29. The van der Waals surface area contributed by atoms with Gasteiger partial charge in [0.15, 0.2) is 0 Å². The summed E-state index contributed by atoms with van der Waals surface area (Å²) in [7, 11) is 0. The predicted octanol–water partition coefficient (Wildman–Crippen LogP) is 6.26. The minimum atomic E-state index is -1.52. The van der Waals surface area contributed by atoms with Crippen molar-refractivity contribution in [3.05, 3.63) is 102 Å². The molecule has 7 heteroatoms. The van der Waals surface area contributed by atoms with Crippen molar-refractivity contribution in [3.63, 3.8) is 0 Å². The van der Waals surface area contributed by atoms with Crippen molar-refractivity contribution < 1.29 is 9.18 Å². The molecule has 35 heavy (non-hydrogen) atoms. The molecule has 0 aliphatic rings. The number of fused-ring (bicyclic) bond motifs is 1. The minimum Gasteiger partial charge on any atom is -0.322 e. The van der Waals surface area contributed by atoms with Gasteiger partial charge in [0, 0.05) is 47.7 Å². The van der Waals surface area contributed by atoms with Crippen LogP contribution in [-0.4, -0.2) is 25.1 Å². The maximum atomic E-state index is 14.4. The van der Waals surface area contributed by atoms with Gasteiger partial charge in [0.05, 0.1) is 11.4 Å². The summed E-state index contributed by atoms with van der Waals surface area (Å²) in [5.74, 6) is -0.283. The number of nitrogens with one attached hydrogen (secondary N) is 1. The fourth-order valence-corrected chi connectivity index (χ4v) is 4.20. The Morgan fingerprint density at radius 1 is 1.00 bits per heavy atom. The van der Waals surface area contributed by atoms with Crippen LogP contribution in [0.3, 0.4) is 0 Å². The molecule has 0 aliphatic heterocycles. The topological polar surface area (TPSA) is 64.2 Å². The van der Waals surface area contributed by atoms with Gasteiger partial charge in [-0.05, 0) is 74.7 Å². The fourth-order valence-electron chi connectivity index (χ4n) is 4.20. The third-order valence-electron chi connectivity index (χ3n) is 6.14. The van der Waals surface area contributed by atoms with Gasteiger partial charge in [0.1, 0.15) is 11.3 Å². The van der Waals surface area contributed by atoms with Crippen molar-refractivity contribution in [3.8, 4) is 16.9 Å². The van der Waals surface area contributed by atoms with Crippen LogP contribution in [0.25, 0.3) is 22.6 Å². The maximum Gasteiger partial charge on any atom is 0.255 e. The Kier molecular flexibility index (Phi) is 5.47. The molecule has 1 amide bonds. The van der Waals surface area contributed by atoms with Gasteiger partial charge in [-0.15, -0.1) is 0 Å².